The van der Waals surface area contributed by atoms with Crippen LogP contribution in [0.5, 0.6) is 5.75 Å². The van der Waals surface area contributed by atoms with E-state index in [4.69, 9.17) is 21.7 Å². The number of hydrogen-bond acceptors (Lipinski definition) is 2. The van der Waals surface area contributed by atoms with Crippen LogP contribution in [0.2, 0.25) is 0 Å². The molecule has 0 aliphatic rings. The molecule has 0 aromatic heterocycles. The van der Waals surface area contributed by atoms with Crippen LogP contribution in [-0.4, -0.2) is 11.8 Å². The molecule has 0 fully saturated rings. The van der Waals surface area contributed by atoms with Gasteiger partial charge in [0.15, 0.2) is 0 Å². The lowest BCUT2D eigenvalue weighted by atomic mass is 10.2. The smallest absolute Gasteiger partial charge is 0.131 e. The van der Waals surface area contributed by atoms with Gasteiger partial charge in [0.25, 0.3) is 0 Å². The molecule has 0 bridgehead atoms. The summed E-state index contributed by atoms with van der Waals surface area (Å²) in [4.78, 5) is 0. The maximum atomic E-state index is 7.24. The fourth-order valence-electron chi connectivity index (χ4n) is 0.929. The Labute approximate surface area is 76.6 Å². The van der Waals surface area contributed by atoms with Crippen molar-refractivity contribution in [2.75, 3.05) is 6.61 Å². The van der Waals surface area contributed by atoms with Crippen LogP contribution in [0.1, 0.15) is 12.5 Å². The molecule has 64 valence electrons. The largest absolute Gasteiger partial charge is 0.493 e. The molecule has 0 aliphatic heterocycles. The third-order valence-electron chi connectivity index (χ3n) is 1.42. The molecule has 0 aliphatic carbocycles. The fourth-order valence-corrected chi connectivity index (χ4v) is 1.09. The first-order chi connectivity index (χ1) is 5.75. The van der Waals surface area contributed by atoms with Crippen molar-refractivity contribution in [1.29, 1.82) is 5.41 Å². The molecule has 0 unspecified atom stereocenters. The first-order valence-electron chi connectivity index (χ1n) is 3.72. The molecular formula is C9H10ClNO. The summed E-state index contributed by atoms with van der Waals surface area (Å²) in [5.41, 5.74) is 0.640. The molecule has 0 atom stereocenters. The van der Waals surface area contributed by atoms with Crippen LogP contribution in [0.15, 0.2) is 24.3 Å². The van der Waals surface area contributed by atoms with E-state index >= 15 is 0 Å². The molecule has 3 heteroatoms. The minimum absolute atomic E-state index is 0.0130. The fraction of sp³-hybridized carbons (Fsp3) is 0.222. The van der Waals surface area contributed by atoms with Crippen molar-refractivity contribution in [3.63, 3.8) is 0 Å². The summed E-state index contributed by atoms with van der Waals surface area (Å²) in [7, 11) is 0. The number of ether oxygens (including phenoxy) is 1. The van der Waals surface area contributed by atoms with Gasteiger partial charge in [0.05, 0.1) is 12.2 Å². The maximum absolute atomic E-state index is 7.24. The van der Waals surface area contributed by atoms with Gasteiger partial charge in [-0.15, -0.1) is 0 Å². The Morgan fingerprint density at radius 2 is 2.17 bits per heavy atom. The second-order valence-electron chi connectivity index (χ2n) is 2.24. The first-order valence-corrected chi connectivity index (χ1v) is 4.09. The Bertz CT molecular complexity index is 286. The SMILES string of the molecule is CCOc1ccccc1C(=N)Cl. The minimum atomic E-state index is 0.0130. The van der Waals surface area contributed by atoms with Crippen LogP contribution in [0.25, 0.3) is 0 Å². The van der Waals surface area contributed by atoms with E-state index in [0.29, 0.717) is 17.9 Å². The van der Waals surface area contributed by atoms with Crippen molar-refractivity contribution in [3.8, 4) is 5.75 Å². The van der Waals surface area contributed by atoms with Crippen LogP contribution >= 0.6 is 11.6 Å². The molecule has 0 saturated heterocycles. The molecular weight excluding hydrogens is 174 g/mol. The standard InChI is InChI=1S/C9H10ClNO/c1-2-12-8-6-4-3-5-7(8)9(10)11/h3-6,11H,2H2,1H3. The van der Waals surface area contributed by atoms with E-state index in [9.17, 15) is 0 Å². The van der Waals surface area contributed by atoms with Crippen molar-refractivity contribution in [2.24, 2.45) is 0 Å². The molecule has 2 nitrogen and oxygen atoms in total. The van der Waals surface area contributed by atoms with Gasteiger partial charge >= 0.3 is 0 Å². The van der Waals surface area contributed by atoms with E-state index in [1.54, 1.807) is 12.1 Å². The number of benzene rings is 1. The predicted octanol–water partition coefficient (Wildman–Crippen LogP) is 2.65. The van der Waals surface area contributed by atoms with Gasteiger partial charge in [-0.1, -0.05) is 23.7 Å². The number of nitrogens with one attached hydrogen (secondary N) is 1. The number of halogens is 1. The number of hydrogen-bond donors (Lipinski definition) is 1. The molecule has 1 aromatic rings. The summed E-state index contributed by atoms with van der Waals surface area (Å²) in [5, 5.41) is 7.25. The monoisotopic (exact) mass is 183 g/mol. The van der Waals surface area contributed by atoms with E-state index in [-0.39, 0.29) is 5.17 Å². The Balaban J connectivity index is 3.00. The molecule has 0 saturated carbocycles. The van der Waals surface area contributed by atoms with Crippen molar-refractivity contribution in [3.05, 3.63) is 29.8 Å². The number of rotatable bonds is 3. The lowest BCUT2D eigenvalue weighted by molar-refractivity contribution is 0.339. The molecule has 0 amide bonds. The van der Waals surface area contributed by atoms with Crippen molar-refractivity contribution < 1.29 is 4.74 Å². The van der Waals surface area contributed by atoms with E-state index in [2.05, 4.69) is 0 Å². The lowest BCUT2D eigenvalue weighted by Gasteiger charge is -2.06. The Morgan fingerprint density at radius 1 is 1.50 bits per heavy atom. The highest BCUT2D eigenvalue weighted by Crippen LogP contribution is 2.19. The van der Waals surface area contributed by atoms with Crippen molar-refractivity contribution in [2.45, 2.75) is 6.92 Å². The van der Waals surface area contributed by atoms with Gasteiger partial charge in [-0.3, -0.25) is 5.41 Å². The van der Waals surface area contributed by atoms with Crippen LogP contribution in [0.3, 0.4) is 0 Å². The van der Waals surface area contributed by atoms with Crippen molar-refractivity contribution in [1.82, 2.24) is 0 Å². The summed E-state index contributed by atoms with van der Waals surface area (Å²) in [6.07, 6.45) is 0. The average molecular weight is 184 g/mol. The highest BCUT2D eigenvalue weighted by molar-refractivity contribution is 6.69. The Kier molecular flexibility index (Phi) is 3.11. The van der Waals surface area contributed by atoms with Crippen LogP contribution in [-0.2, 0) is 0 Å². The minimum Gasteiger partial charge on any atom is -0.493 e. The van der Waals surface area contributed by atoms with E-state index in [0.717, 1.165) is 0 Å². The molecule has 12 heavy (non-hydrogen) atoms. The lowest BCUT2D eigenvalue weighted by Crippen LogP contribution is -1.98. The van der Waals surface area contributed by atoms with E-state index in [1.807, 2.05) is 19.1 Å². The zero-order chi connectivity index (χ0) is 8.97. The van der Waals surface area contributed by atoms with Gasteiger partial charge in [0, 0.05) is 0 Å². The first kappa shape index (κ1) is 9.07. The van der Waals surface area contributed by atoms with Gasteiger partial charge in [-0.25, -0.2) is 0 Å². The average Bonchev–Trinajstić information content (AvgIpc) is 2.05. The van der Waals surface area contributed by atoms with Gasteiger partial charge in [-0.2, -0.15) is 0 Å². The molecule has 0 spiro atoms. The summed E-state index contributed by atoms with van der Waals surface area (Å²) >= 11 is 5.55. The summed E-state index contributed by atoms with van der Waals surface area (Å²) in [6, 6.07) is 7.25. The van der Waals surface area contributed by atoms with Crippen LogP contribution in [0.4, 0.5) is 0 Å². The predicted molar refractivity (Wildman–Crippen MR) is 50.3 cm³/mol. The quantitative estimate of drug-likeness (QED) is 0.719. The van der Waals surface area contributed by atoms with Crippen LogP contribution < -0.4 is 4.74 Å². The zero-order valence-electron chi connectivity index (χ0n) is 6.80. The van der Waals surface area contributed by atoms with Gasteiger partial charge in [0.1, 0.15) is 10.9 Å². The summed E-state index contributed by atoms with van der Waals surface area (Å²) in [5.74, 6) is 0.667. The number of para-hydroxylation sites is 1. The normalized spacial score (nSPS) is 9.50. The highest BCUT2D eigenvalue weighted by Gasteiger charge is 2.04. The van der Waals surface area contributed by atoms with Gasteiger partial charge in [0.2, 0.25) is 0 Å². The van der Waals surface area contributed by atoms with E-state index in [1.165, 1.54) is 0 Å². The summed E-state index contributed by atoms with van der Waals surface area (Å²) < 4.78 is 5.27. The Hall–Kier alpha value is -1.02. The van der Waals surface area contributed by atoms with Gasteiger partial charge in [-0.05, 0) is 19.1 Å². The molecule has 0 radical (unpaired) electrons. The topological polar surface area (TPSA) is 33.1 Å². The summed E-state index contributed by atoms with van der Waals surface area (Å²) in [6.45, 7) is 2.48. The zero-order valence-corrected chi connectivity index (χ0v) is 7.56. The third kappa shape index (κ3) is 1.98. The van der Waals surface area contributed by atoms with Crippen LogP contribution in [0, 0.1) is 5.41 Å². The van der Waals surface area contributed by atoms with Gasteiger partial charge < -0.3 is 4.74 Å². The third-order valence-corrected chi connectivity index (χ3v) is 1.63. The van der Waals surface area contributed by atoms with E-state index < -0.39 is 0 Å². The maximum Gasteiger partial charge on any atom is 0.131 e. The second kappa shape index (κ2) is 4.12. The molecule has 1 rings (SSSR count). The molecule has 1 aromatic carbocycles. The second-order valence-corrected chi connectivity index (χ2v) is 2.62. The highest BCUT2D eigenvalue weighted by atomic mass is 35.5. The molecule has 1 N–H and O–H groups in total. The van der Waals surface area contributed by atoms with Crippen molar-refractivity contribution >= 4 is 16.8 Å². The molecule has 0 heterocycles. The Morgan fingerprint density at radius 3 is 2.75 bits per heavy atom.